The molecule has 0 amide bonds. The zero-order valence-corrected chi connectivity index (χ0v) is 8.80. The van der Waals surface area contributed by atoms with Gasteiger partial charge in [0.15, 0.2) is 5.78 Å². The van der Waals surface area contributed by atoms with Crippen molar-refractivity contribution in [3.05, 3.63) is 29.3 Å². The van der Waals surface area contributed by atoms with Crippen LogP contribution in [0.2, 0.25) is 0 Å². The molecule has 0 fully saturated rings. The first-order chi connectivity index (χ1) is 6.86. The lowest BCUT2D eigenvalue weighted by Gasteiger charge is -2.15. The van der Waals surface area contributed by atoms with Crippen molar-refractivity contribution in [1.82, 2.24) is 0 Å². The van der Waals surface area contributed by atoms with Gasteiger partial charge >= 0.3 is 0 Å². The maximum atomic E-state index is 13.2. The van der Waals surface area contributed by atoms with E-state index in [2.05, 4.69) is 0 Å². The lowest BCUT2D eigenvalue weighted by Crippen LogP contribution is -2.10. The Morgan fingerprint density at radius 2 is 2.00 bits per heavy atom. The minimum Gasteiger partial charge on any atom is -0.496 e. The first-order valence-corrected chi connectivity index (χ1v) is 4.43. The lowest BCUT2D eigenvalue weighted by atomic mass is 10.0. The predicted octanol–water partition coefficient (Wildman–Crippen LogP) is 3.01. The van der Waals surface area contributed by atoms with E-state index in [0.29, 0.717) is 0 Å². The zero-order chi connectivity index (χ0) is 11.6. The summed E-state index contributed by atoms with van der Waals surface area (Å²) in [4.78, 5) is 11.0. The van der Waals surface area contributed by atoms with Gasteiger partial charge < -0.3 is 4.74 Å². The fourth-order valence-corrected chi connectivity index (χ4v) is 1.27. The number of carbonyl (C=O) groups excluding carboxylic acids is 1. The Kier molecular flexibility index (Phi) is 3.07. The van der Waals surface area contributed by atoms with Crippen molar-refractivity contribution >= 4 is 5.78 Å². The molecule has 0 N–H and O–H groups in total. The van der Waals surface area contributed by atoms with Crippen molar-refractivity contribution in [2.24, 2.45) is 0 Å². The molecule has 15 heavy (non-hydrogen) atoms. The summed E-state index contributed by atoms with van der Waals surface area (Å²) in [5.41, 5.74) is -0.00924. The fraction of sp³-hybridized carbons (Fsp3) is 0.364. The van der Waals surface area contributed by atoms with Gasteiger partial charge in [0.1, 0.15) is 5.75 Å². The molecule has 0 atom stereocenters. The Labute approximate surface area is 86.9 Å². The number of halogens is 2. The van der Waals surface area contributed by atoms with Crippen molar-refractivity contribution < 1.29 is 18.3 Å². The summed E-state index contributed by atoms with van der Waals surface area (Å²) >= 11 is 0. The monoisotopic (exact) mass is 214 g/mol. The highest BCUT2D eigenvalue weighted by atomic mass is 19.3. The second-order valence-corrected chi connectivity index (χ2v) is 3.36. The Bertz CT molecular complexity index is 381. The van der Waals surface area contributed by atoms with E-state index in [-0.39, 0.29) is 22.7 Å². The van der Waals surface area contributed by atoms with Crippen molar-refractivity contribution in [2.45, 2.75) is 19.8 Å². The number of carbonyl (C=O) groups is 1. The molecule has 1 rings (SSSR count). The first-order valence-electron chi connectivity index (χ1n) is 4.43. The second kappa shape index (κ2) is 3.96. The molecule has 0 aliphatic rings. The Balaban J connectivity index is 3.32. The average Bonchev–Trinajstić information content (AvgIpc) is 2.15. The molecular weight excluding hydrogens is 202 g/mol. The highest BCUT2D eigenvalue weighted by molar-refractivity contribution is 5.94. The highest BCUT2D eigenvalue weighted by Gasteiger charge is 2.29. The summed E-state index contributed by atoms with van der Waals surface area (Å²) in [6, 6.07) is 4.01. The molecule has 0 heterocycles. The maximum Gasteiger partial charge on any atom is 0.274 e. The molecule has 0 aliphatic carbocycles. The molecule has 82 valence electrons. The number of benzene rings is 1. The molecule has 0 aliphatic heterocycles. The average molecular weight is 214 g/mol. The van der Waals surface area contributed by atoms with E-state index < -0.39 is 5.92 Å². The number of hydrogen-bond acceptors (Lipinski definition) is 2. The number of Topliss-reactive ketones (excluding diaryl/α,β-unsaturated/α-hetero) is 1. The summed E-state index contributed by atoms with van der Waals surface area (Å²) < 4.78 is 31.1. The normalized spacial score (nSPS) is 11.3. The summed E-state index contributed by atoms with van der Waals surface area (Å²) in [7, 11) is 1.32. The second-order valence-electron chi connectivity index (χ2n) is 3.36. The van der Waals surface area contributed by atoms with Crippen LogP contribution in [0.4, 0.5) is 8.78 Å². The van der Waals surface area contributed by atoms with Crippen molar-refractivity contribution in [1.29, 1.82) is 0 Å². The highest BCUT2D eigenvalue weighted by Crippen LogP contribution is 2.35. The van der Waals surface area contributed by atoms with E-state index in [4.69, 9.17) is 4.74 Å². The van der Waals surface area contributed by atoms with Crippen LogP contribution in [0.1, 0.15) is 29.8 Å². The van der Waals surface area contributed by atoms with E-state index in [1.165, 1.54) is 32.2 Å². The number of hydrogen-bond donors (Lipinski definition) is 0. The number of ether oxygens (including phenoxy) is 1. The van der Waals surface area contributed by atoms with Crippen LogP contribution in [-0.4, -0.2) is 12.9 Å². The van der Waals surface area contributed by atoms with E-state index in [0.717, 1.165) is 6.92 Å². The molecule has 0 bridgehead atoms. The van der Waals surface area contributed by atoms with Gasteiger partial charge in [-0.05, 0) is 25.1 Å². The molecule has 0 saturated carbocycles. The lowest BCUT2D eigenvalue weighted by molar-refractivity contribution is 0.0150. The van der Waals surface area contributed by atoms with E-state index >= 15 is 0 Å². The van der Waals surface area contributed by atoms with E-state index in [9.17, 15) is 13.6 Å². The molecule has 4 heteroatoms. The summed E-state index contributed by atoms with van der Waals surface area (Å²) in [5.74, 6) is -3.17. The molecule has 2 nitrogen and oxygen atoms in total. The largest absolute Gasteiger partial charge is 0.496 e. The molecule has 0 spiro atoms. The fourth-order valence-electron chi connectivity index (χ4n) is 1.27. The SMILES string of the molecule is COc1ccc(C(C)=O)cc1C(C)(F)F. The van der Waals surface area contributed by atoms with Gasteiger partial charge in [0.25, 0.3) is 5.92 Å². The number of methoxy groups -OCH3 is 1. The van der Waals surface area contributed by atoms with Crippen LogP contribution in [0, 0.1) is 0 Å². The molecule has 0 saturated heterocycles. The summed E-state index contributed by atoms with van der Waals surface area (Å²) in [6.07, 6.45) is 0. The molecule has 1 aromatic carbocycles. The van der Waals surface area contributed by atoms with Gasteiger partial charge in [-0.25, -0.2) is 8.78 Å². The minimum atomic E-state index is -3.02. The molecule has 0 aromatic heterocycles. The van der Waals surface area contributed by atoms with Gasteiger partial charge in [-0.1, -0.05) is 0 Å². The number of rotatable bonds is 3. The quantitative estimate of drug-likeness (QED) is 0.723. The molecular formula is C11H12F2O2. The number of alkyl halides is 2. The Morgan fingerprint density at radius 3 is 2.40 bits per heavy atom. The van der Waals surface area contributed by atoms with Gasteiger partial charge in [0.05, 0.1) is 12.7 Å². The predicted molar refractivity (Wildman–Crippen MR) is 52.6 cm³/mol. The zero-order valence-electron chi connectivity index (χ0n) is 8.80. The van der Waals surface area contributed by atoms with Crippen LogP contribution >= 0.6 is 0 Å². The molecule has 1 aromatic rings. The third kappa shape index (κ3) is 2.52. The van der Waals surface area contributed by atoms with Crippen molar-refractivity contribution in [3.63, 3.8) is 0 Å². The van der Waals surface area contributed by atoms with Gasteiger partial charge in [0.2, 0.25) is 0 Å². The minimum absolute atomic E-state index is 0.0903. The van der Waals surface area contributed by atoms with E-state index in [1.807, 2.05) is 0 Å². The van der Waals surface area contributed by atoms with Crippen molar-refractivity contribution in [2.75, 3.05) is 7.11 Å². The summed E-state index contributed by atoms with van der Waals surface area (Å²) in [5, 5.41) is 0. The van der Waals surface area contributed by atoms with Crippen LogP contribution in [0.15, 0.2) is 18.2 Å². The summed E-state index contributed by atoms with van der Waals surface area (Å²) in [6.45, 7) is 2.11. The van der Waals surface area contributed by atoms with Crippen molar-refractivity contribution in [3.8, 4) is 5.75 Å². The Morgan fingerprint density at radius 1 is 1.40 bits per heavy atom. The van der Waals surface area contributed by atoms with Crippen LogP contribution in [-0.2, 0) is 5.92 Å². The van der Waals surface area contributed by atoms with Crippen LogP contribution in [0.3, 0.4) is 0 Å². The van der Waals surface area contributed by atoms with Gasteiger partial charge in [-0.2, -0.15) is 0 Å². The third-order valence-electron chi connectivity index (χ3n) is 2.08. The topological polar surface area (TPSA) is 26.3 Å². The Hall–Kier alpha value is -1.45. The van der Waals surface area contributed by atoms with Gasteiger partial charge in [-0.15, -0.1) is 0 Å². The molecule has 0 unspecified atom stereocenters. The molecule has 0 radical (unpaired) electrons. The number of ketones is 1. The van der Waals surface area contributed by atoms with Gasteiger partial charge in [0, 0.05) is 12.5 Å². The van der Waals surface area contributed by atoms with Crippen LogP contribution in [0.25, 0.3) is 0 Å². The first kappa shape index (κ1) is 11.6. The maximum absolute atomic E-state index is 13.2. The van der Waals surface area contributed by atoms with Gasteiger partial charge in [-0.3, -0.25) is 4.79 Å². The third-order valence-corrected chi connectivity index (χ3v) is 2.08. The smallest absolute Gasteiger partial charge is 0.274 e. The van der Waals surface area contributed by atoms with Crippen LogP contribution in [0.5, 0.6) is 5.75 Å². The van der Waals surface area contributed by atoms with E-state index in [1.54, 1.807) is 0 Å². The van der Waals surface area contributed by atoms with Crippen LogP contribution < -0.4 is 4.74 Å². The standard InChI is InChI=1S/C11H12F2O2/c1-7(14)8-4-5-10(15-3)9(6-8)11(2,12)13/h4-6H,1-3H3.